The summed E-state index contributed by atoms with van der Waals surface area (Å²) in [5.41, 5.74) is 0.510. The molecule has 116 valence electrons. The van der Waals surface area contributed by atoms with Gasteiger partial charge in [-0.05, 0) is 13.3 Å². The van der Waals surface area contributed by atoms with Crippen molar-refractivity contribution in [2.45, 2.75) is 31.7 Å². The van der Waals surface area contributed by atoms with Crippen LogP contribution in [0.1, 0.15) is 20.3 Å². The van der Waals surface area contributed by atoms with E-state index in [2.05, 4.69) is 5.16 Å². The molecule has 0 aliphatic carbocycles. The predicted molar refractivity (Wildman–Crippen MR) is 80.0 cm³/mol. The highest BCUT2D eigenvalue weighted by molar-refractivity contribution is 8.23. The van der Waals surface area contributed by atoms with Crippen LogP contribution in [0, 0.1) is 5.92 Å². The molecule has 0 radical (unpaired) electrons. The minimum absolute atomic E-state index is 0.0368. The lowest BCUT2D eigenvalue weighted by Gasteiger charge is -2.43. The van der Waals surface area contributed by atoms with E-state index < -0.39 is 18.0 Å². The molecule has 7 nitrogen and oxygen atoms in total. The fourth-order valence-corrected chi connectivity index (χ4v) is 5.15. The molecule has 0 aromatic rings. The molecule has 0 aromatic carbocycles. The number of carboxylic acid groups (broad SMARTS) is 1. The van der Waals surface area contributed by atoms with Gasteiger partial charge in [-0.3, -0.25) is 9.69 Å². The molecule has 2 aliphatic heterocycles. The first-order valence-corrected chi connectivity index (χ1v) is 8.26. The number of thioether (sulfide) groups is 2. The summed E-state index contributed by atoms with van der Waals surface area (Å²) in [6.07, 6.45) is -0.248. The Morgan fingerprint density at radius 2 is 2.24 bits per heavy atom. The molecule has 2 rings (SSSR count). The van der Waals surface area contributed by atoms with Gasteiger partial charge in [-0.15, -0.1) is 11.8 Å². The Morgan fingerprint density at radius 1 is 1.57 bits per heavy atom. The zero-order valence-corrected chi connectivity index (χ0v) is 13.1. The summed E-state index contributed by atoms with van der Waals surface area (Å²) < 4.78 is 0.513. The van der Waals surface area contributed by atoms with Gasteiger partial charge in [0.05, 0.1) is 22.0 Å². The van der Waals surface area contributed by atoms with E-state index >= 15 is 0 Å². The number of carbonyl (C=O) groups is 2. The number of hydrogen-bond donors (Lipinski definition) is 3. The molecule has 0 saturated carbocycles. The number of aliphatic hydroxyl groups is 1. The monoisotopic (exact) mass is 332 g/mol. The van der Waals surface area contributed by atoms with Crippen molar-refractivity contribution in [3.05, 3.63) is 9.93 Å². The van der Waals surface area contributed by atoms with E-state index in [4.69, 9.17) is 5.21 Å². The van der Waals surface area contributed by atoms with Gasteiger partial charge in [-0.25, -0.2) is 4.79 Å². The highest BCUT2D eigenvalue weighted by Gasteiger charge is 2.57. The Bertz CT molecular complexity index is 532. The lowest BCUT2D eigenvalue weighted by atomic mass is 9.92. The third-order valence-electron chi connectivity index (χ3n) is 3.39. The molecule has 2 heterocycles. The Labute approximate surface area is 130 Å². The SMILES string of the molecule is CCC(CSC1=C(C(=O)O)N2C(=O)C(C(C)O)[C@H]2S1)=NO. The summed E-state index contributed by atoms with van der Waals surface area (Å²) in [6, 6.07) is 0. The van der Waals surface area contributed by atoms with E-state index in [1.165, 1.54) is 35.3 Å². The molecule has 0 spiro atoms. The standard InChI is InChI=1S/C12H16N2O5S2/c1-3-6(13-19)4-20-12-8(11(17)18)14-9(16)7(5(2)15)10(14)21-12/h5,7,10,15,19H,3-4H2,1-2H3,(H,17,18)/t5?,7?,10-/m1/s1. The number of carboxylic acids is 1. The first-order chi connectivity index (χ1) is 9.92. The average Bonchev–Trinajstić information content (AvgIpc) is 2.74. The largest absolute Gasteiger partial charge is 0.477 e. The molecular formula is C12H16N2O5S2. The lowest BCUT2D eigenvalue weighted by Crippen LogP contribution is -2.60. The van der Waals surface area contributed by atoms with Gasteiger partial charge in [-0.1, -0.05) is 23.8 Å². The van der Waals surface area contributed by atoms with Crippen molar-refractivity contribution in [2.75, 3.05) is 5.75 Å². The normalized spacial score (nSPS) is 26.7. The van der Waals surface area contributed by atoms with E-state index in [-0.39, 0.29) is 17.0 Å². The van der Waals surface area contributed by atoms with Gasteiger partial charge < -0.3 is 15.4 Å². The maximum Gasteiger partial charge on any atom is 0.354 e. The smallest absolute Gasteiger partial charge is 0.354 e. The topological polar surface area (TPSA) is 110 Å². The molecule has 0 aromatic heterocycles. The second kappa shape index (κ2) is 6.29. The third-order valence-corrected chi connectivity index (χ3v) is 6.12. The minimum atomic E-state index is -1.16. The number of rotatable bonds is 6. The Morgan fingerprint density at radius 3 is 2.71 bits per heavy atom. The van der Waals surface area contributed by atoms with Gasteiger partial charge in [0.25, 0.3) is 0 Å². The molecule has 2 aliphatic rings. The summed E-state index contributed by atoms with van der Waals surface area (Å²) >= 11 is 2.51. The van der Waals surface area contributed by atoms with Crippen molar-refractivity contribution in [1.29, 1.82) is 0 Å². The van der Waals surface area contributed by atoms with Gasteiger partial charge in [0.1, 0.15) is 5.37 Å². The Balaban J connectivity index is 2.17. The van der Waals surface area contributed by atoms with E-state index in [0.29, 0.717) is 22.1 Å². The fourth-order valence-electron chi connectivity index (χ4n) is 2.20. The number of carbonyl (C=O) groups excluding carboxylic acids is 1. The number of oxime groups is 1. The van der Waals surface area contributed by atoms with E-state index in [0.717, 1.165) is 0 Å². The van der Waals surface area contributed by atoms with Crippen molar-refractivity contribution in [1.82, 2.24) is 4.90 Å². The predicted octanol–water partition coefficient (Wildman–Crippen LogP) is 1.13. The summed E-state index contributed by atoms with van der Waals surface area (Å²) in [7, 11) is 0. The highest BCUT2D eigenvalue weighted by Crippen LogP contribution is 2.53. The van der Waals surface area contributed by atoms with Crippen LogP contribution in [0.3, 0.4) is 0 Å². The highest BCUT2D eigenvalue weighted by atomic mass is 32.2. The van der Waals surface area contributed by atoms with Gasteiger partial charge in [0.15, 0.2) is 5.70 Å². The number of fused-ring (bicyclic) bond motifs is 1. The van der Waals surface area contributed by atoms with Crippen LogP contribution in [-0.4, -0.2) is 55.1 Å². The second-order valence-electron chi connectivity index (χ2n) is 4.73. The minimum Gasteiger partial charge on any atom is -0.477 e. The van der Waals surface area contributed by atoms with Crippen LogP contribution >= 0.6 is 23.5 Å². The summed E-state index contributed by atoms with van der Waals surface area (Å²) in [5, 5.41) is 30.5. The number of amides is 1. The van der Waals surface area contributed by atoms with Gasteiger partial charge in [0.2, 0.25) is 5.91 Å². The molecular weight excluding hydrogens is 316 g/mol. The van der Waals surface area contributed by atoms with Crippen molar-refractivity contribution < 1.29 is 25.0 Å². The molecule has 0 bridgehead atoms. The van der Waals surface area contributed by atoms with E-state index in [1.54, 1.807) is 0 Å². The third kappa shape index (κ3) is 2.77. The van der Waals surface area contributed by atoms with E-state index in [9.17, 15) is 19.8 Å². The van der Waals surface area contributed by atoms with Crippen molar-refractivity contribution in [2.24, 2.45) is 11.1 Å². The lowest BCUT2D eigenvalue weighted by molar-refractivity contribution is -0.156. The van der Waals surface area contributed by atoms with Crippen LogP contribution in [0.4, 0.5) is 0 Å². The zero-order chi connectivity index (χ0) is 15.7. The molecule has 9 heteroatoms. The maximum atomic E-state index is 12.0. The number of nitrogens with zero attached hydrogens (tertiary/aromatic N) is 2. The van der Waals surface area contributed by atoms with Crippen molar-refractivity contribution >= 4 is 41.1 Å². The maximum absolute atomic E-state index is 12.0. The number of β-lactam (4-membered cyclic amide) rings is 1. The first kappa shape index (κ1) is 16.2. The second-order valence-corrected chi connectivity index (χ2v) is 7.10. The Kier molecular flexibility index (Phi) is 4.84. The molecule has 1 amide bonds. The van der Waals surface area contributed by atoms with Crippen LogP contribution in [0.25, 0.3) is 0 Å². The number of aliphatic carboxylic acids is 1. The molecule has 3 N–H and O–H groups in total. The first-order valence-electron chi connectivity index (χ1n) is 6.40. The van der Waals surface area contributed by atoms with Crippen LogP contribution in [-0.2, 0) is 9.59 Å². The van der Waals surface area contributed by atoms with Crippen LogP contribution in [0.15, 0.2) is 15.1 Å². The molecule has 1 saturated heterocycles. The quantitative estimate of drug-likeness (QED) is 0.289. The van der Waals surface area contributed by atoms with E-state index in [1.807, 2.05) is 6.92 Å². The van der Waals surface area contributed by atoms with Crippen LogP contribution < -0.4 is 0 Å². The van der Waals surface area contributed by atoms with Crippen LogP contribution in [0.5, 0.6) is 0 Å². The number of hydrogen-bond acceptors (Lipinski definition) is 7. The van der Waals surface area contributed by atoms with Gasteiger partial charge in [0, 0.05) is 5.75 Å². The molecule has 1 fully saturated rings. The molecule has 2 unspecified atom stereocenters. The summed E-state index contributed by atoms with van der Waals surface area (Å²) in [4.78, 5) is 24.6. The van der Waals surface area contributed by atoms with Crippen LogP contribution in [0.2, 0.25) is 0 Å². The van der Waals surface area contributed by atoms with Gasteiger partial charge >= 0.3 is 5.97 Å². The molecule has 21 heavy (non-hydrogen) atoms. The van der Waals surface area contributed by atoms with Gasteiger partial charge in [-0.2, -0.15) is 0 Å². The average molecular weight is 332 g/mol. The summed E-state index contributed by atoms with van der Waals surface area (Å²) in [6.45, 7) is 3.36. The Hall–Kier alpha value is -1.19. The molecule has 3 atom stereocenters. The summed E-state index contributed by atoms with van der Waals surface area (Å²) in [5.74, 6) is -1.73. The fraction of sp³-hybridized carbons (Fsp3) is 0.583. The zero-order valence-electron chi connectivity index (χ0n) is 11.5. The van der Waals surface area contributed by atoms with Crippen molar-refractivity contribution in [3.8, 4) is 0 Å². The number of aliphatic hydroxyl groups excluding tert-OH is 1. The van der Waals surface area contributed by atoms with Crippen molar-refractivity contribution in [3.63, 3.8) is 0 Å².